The van der Waals surface area contributed by atoms with Crippen molar-refractivity contribution in [1.29, 1.82) is 0 Å². The van der Waals surface area contributed by atoms with Crippen LogP contribution < -0.4 is 5.73 Å². The molecule has 0 aliphatic rings. The summed E-state index contributed by atoms with van der Waals surface area (Å²) in [4.78, 5) is 0. The van der Waals surface area contributed by atoms with E-state index in [1.807, 2.05) is 11.6 Å². The molecule has 0 radical (unpaired) electrons. The molecule has 14 heavy (non-hydrogen) atoms. The molecule has 0 bridgehead atoms. The number of hydrogen-bond acceptors (Lipinski definition) is 2. The maximum atomic E-state index is 5.89. The number of nitrogens with two attached hydrogens (primary N) is 1. The molecule has 0 aliphatic heterocycles. The number of aryl methyl sites for hydroxylation is 1. The van der Waals surface area contributed by atoms with Gasteiger partial charge in [-0.2, -0.15) is 5.10 Å². The number of rotatable bonds is 5. The lowest BCUT2D eigenvalue weighted by atomic mass is 10.1. The molecule has 0 spiro atoms. The van der Waals surface area contributed by atoms with E-state index in [2.05, 4.69) is 12.0 Å². The van der Waals surface area contributed by atoms with Crippen molar-refractivity contribution < 1.29 is 0 Å². The summed E-state index contributed by atoms with van der Waals surface area (Å²) in [5.41, 5.74) is 6.86. The predicted molar refractivity (Wildman–Crippen MR) is 59.5 cm³/mol. The largest absolute Gasteiger partial charge is 0.328 e. The summed E-state index contributed by atoms with van der Waals surface area (Å²) in [6.45, 7) is 5.00. The fourth-order valence-corrected chi connectivity index (χ4v) is 1.50. The molecule has 0 fully saturated rings. The smallest absolute Gasteiger partial charge is 0.0814 e. The zero-order valence-electron chi connectivity index (χ0n) is 8.83. The molecule has 3 nitrogen and oxygen atoms in total. The van der Waals surface area contributed by atoms with Gasteiger partial charge < -0.3 is 5.73 Å². The van der Waals surface area contributed by atoms with Gasteiger partial charge in [0.25, 0.3) is 0 Å². The lowest BCUT2D eigenvalue weighted by Gasteiger charge is -2.08. The molecule has 0 aromatic carbocycles. The molecule has 4 heteroatoms. The number of hydrogen-bond donors (Lipinski definition) is 1. The minimum absolute atomic E-state index is 0.321. The molecule has 0 saturated carbocycles. The van der Waals surface area contributed by atoms with Crippen LogP contribution in [0, 0.1) is 6.92 Å². The Morgan fingerprint density at radius 3 is 2.86 bits per heavy atom. The lowest BCUT2D eigenvalue weighted by molar-refractivity contribution is 0.495. The SMILES string of the molecule is CCC(N)CCCn1ncc(Cl)c1C. The second-order valence-electron chi connectivity index (χ2n) is 3.61. The standard InChI is InChI=1S/C10H18ClN3/c1-3-9(12)5-4-6-14-8(2)10(11)7-13-14/h7,9H,3-6,12H2,1-2H3. The number of nitrogens with zero attached hydrogens (tertiary/aromatic N) is 2. The van der Waals surface area contributed by atoms with Gasteiger partial charge in [-0.25, -0.2) is 0 Å². The quantitative estimate of drug-likeness (QED) is 0.820. The molecule has 0 saturated heterocycles. The van der Waals surface area contributed by atoms with Gasteiger partial charge in [-0.15, -0.1) is 0 Å². The first-order valence-corrected chi connectivity index (χ1v) is 5.46. The molecular formula is C10H18ClN3. The average Bonchev–Trinajstić information content (AvgIpc) is 2.49. The summed E-state index contributed by atoms with van der Waals surface area (Å²) < 4.78 is 1.94. The predicted octanol–water partition coefficient (Wildman–Crippen LogP) is 2.36. The van der Waals surface area contributed by atoms with E-state index in [-0.39, 0.29) is 0 Å². The van der Waals surface area contributed by atoms with E-state index in [1.165, 1.54) is 0 Å². The van der Waals surface area contributed by atoms with Crippen LogP contribution >= 0.6 is 11.6 Å². The van der Waals surface area contributed by atoms with E-state index in [0.29, 0.717) is 6.04 Å². The Labute approximate surface area is 90.2 Å². The zero-order valence-corrected chi connectivity index (χ0v) is 9.59. The van der Waals surface area contributed by atoms with E-state index in [0.717, 1.165) is 36.5 Å². The summed E-state index contributed by atoms with van der Waals surface area (Å²) >= 11 is 5.89. The van der Waals surface area contributed by atoms with Crippen LogP contribution in [0.5, 0.6) is 0 Å². The second kappa shape index (κ2) is 5.37. The maximum absolute atomic E-state index is 5.89. The van der Waals surface area contributed by atoms with Gasteiger partial charge in [0.15, 0.2) is 0 Å². The Morgan fingerprint density at radius 1 is 1.64 bits per heavy atom. The van der Waals surface area contributed by atoms with Crippen molar-refractivity contribution in [2.75, 3.05) is 0 Å². The van der Waals surface area contributed by atoms with Crippen LogP contribution in [0.4, 0.5) is 0 Å². The Morgan fingerprint density at radius 2 is 2.36 bits per heavy atom. The molecular weight excluding hydrogens is 198 g/mol. The van der Waals surface area contributed by atoms with Crippen molar-refractivity contribution >= 4 is 11.6 Å². The fourth-order valence-electron chi connectivity index (χ4n) is 1.36. The normalized spacial score (nSPS) is 13.1. The molecule has 0 aliphatic carbocycles. The summed E-state index contributed by atoms with van der Waals surface area (Å²) in [6.07, 6.45) is 4.84. The van der Waals surface area contributed by atoms with Gasteiger partial charge in [-0.1, -0.05) is 18.5 Å². The molecule has 1 rings (SSSR count). The van der Waals surface area contributed by atoms with Crippen LogP contribution in [0.1, 0.15) is 31.9 Å². The molecule has 80 valence electrons. The summed E-state index contributed by atoms with van der Waals surface area (Å²) in [5, 5.41) is 4.92. The average molecular weight is 216 g/mol. The van der Waals surface area contributed by atoms with E-state index >= 15 is 0 Å². The second-order valence-corrected chi connectivity index (χ2v) is 4.02. The molecule has 1 atom stereocenters. The third kappa shape index (κ3) is 3.00. The summed E-state index contributed by atoms with van der Waals surface area (Å²) in [6, 6.07) is 0.321. The molecule has 0 amide bonds. The van der Waals surface area contributed by atoms with Gasteiger partial charge in [-0.3, -0.25) is 4.68 Å². The van der Waals surface area contributed by atoms with E-state index < -0.39 is 0 Å². The minimum atomic E-state index is 0.321. The van der Waals surface area contributed by atoms with Crippen LogP contribution in [0.15, 0.2) is 6.20 Å². The Bertz CT molecular complexity index is 283. The first-order chi connectivity index (χ1) is 6.65. The van der Waals surface area contributed by atoms with Crippen LogP contribution in [0.25, 0.3) is 0 Å². The fraction of sp³-hybridized carbons (Fsp3) is 0.700. The molecule has 1 heterocycles. The Kier molecular flexibility index (Phi) is 4.42. The highest BCUT2D eigenvalue weighted by Crippen LogP contribution is 2.14. The maximum Gasteiger partial charge on any atom is 0.0814 e. The van der Waals surface area contributed by atoms with Crippen molar-refractivity contribution in [2.45, 2.75) is 45.7 Å². The van der Waals surface area contributed by atoms with Crippen molar-refractivity contribution in [1.82, 2.24) is 9.78 Å². The van der Waals surface area contributed by atoms with Crippen LogP contribution in [0.3, 0.4) is 0 Å². The zero-order chi connectivity index (χ0) is 10.6. The molecule has 1 aromatic rings. The van der Waals surface area contributed by atoms with Gasteiger partial charge in [-0.05, 0) is 26.2 Å². The first kappa shape index (κ1) is 11.5. The van der Waals surface area contributed by atoms with Gasteiger partial charge in [0.05, 0.1) is 16.9 Å². The molecule has 1 unspecified atom stereocenters. The summed E-state index contributed by atoms with van der Waals surface area (Å²) in [5.74, 6) is 0. The third-order valence-electron chi connectivity index (χ3n) is 2.51. The Balaban J connectivity index is 2.35. The van der Waals surface area contributed by atoms with Crippen molar-refractivity contribution in [2.24, 2.45) is 5.73 Å². The number of halogens is 1. The van der Waals surface area contributed by atoms with Gasteiger partial charge in [0.2, 0.25) is 0 Å². The minimum Gasteiger partial charge on any atom is -0.328 e. The Hall–Kier alpha value is -0.540. The highest BCUT2D eigenvalue weighted by atomic mass is 35.5. The monoisotopic (exact) mass is 215 g/mol. The highest BCUT2D eigenvalue weighted by molar-refractivity contribution is 6.31. The van der Waals surface area contributed by atoms with E-state index in [4.69, 9.17) is 17.3 Å². The van der Waals surface area contributed by atoms with Crippen LogP contribution in [-0.2, 0) is 6.54 Å². The number of aromatic nitrogens is 2. The van der Waals surface area contributed by atoms with Crippen molar-refractivity contribution in [3.63, 3.8) is 0 Å². The van der Waals surface area contributed by atoms with Crippen LogP contribution in [0.2, 0.25) is 5.02 Å². The first-order valence-electron chi connectivity index (χ1n) is 5.08. The third-order valence-corrected chi connectivity index (χ3v) is 2.88. The van der Waals surface area contributed by atoms with E-state index in [1.54, 1.807) is 6.20 Å². The van der Waals surface area contributed by atoms with Gasteiger partial charge >= 0.3 is 0 Å². The van der Waals surface area contributed by atoms with E-state index in [9.17, 15) is 0 Å². The van der Waals surface area contributed by atoms with Gasteiger partial charge in [0, 0.05) is 12.6 Å². The molecule has 2 N–H and O–H groups in total. The topological polar surface area (TPSA) is 43.8 Å². The molecule has 1 aromatic heterocycles. The highest BCUT2D eigenvalue weighted by Gasteiger charge is 2.04. The lowest BCUT2D eigenvalue weighted by Crippen LogP contribution is -2.19. The van der Waals surface area contributed by atoms with Crippen LogP contribution in [-0.4, -0.2) is 15.8 Å². The van der Waals surface area contributed by atoms with Gasteiger partial charge in [0.1, 0.15) is 0 Å². The van der Waals surface area contributed by atoms with Crippen molar-refractivity contribution in [3.05, 3.63) is 16.9 Å². The summed E-state index contributed by atoms with van der Waals surface area (Å²) in [7, 11) is 0. The van der Waals surface area contributed by atoms with Crippen molar-refractivity contribution in [3.8, 4) is 0 Å².